The molecule has 0 bridgehead atoms. The Morgan fingerprint density at radius 3 is 2.17 bits per heavy atom. The van der Waals surface area contributed by atoms with Gasteiger partial charge in [0, 0.05) is 12.1 Å². The summed E-state index contributed by atoms with van der Waals surface area (Å²) in [7, 11) is -3.67. The minimum Gasteiger partial charge on any atom is -0.394 e. The fourth-order valence-electron chi connectivity index (χ4n) is 3.09. The summed E-state index contributed by atoms with van der Waals surface area (Å²) in [5, 5.41) is 13.0. The van der Waals surface area contributed by atoms with Gasteiger partial charge >= 0.3 is 10.1 Å². The van der Waals surface area contributed by atoms with Crippen LogP contribution in [0.25, 0.3) is 0 Å². The number of nitrogens with one attached hydrogen (secondary N) is 1. The predicted molar refractivity (Wildman–Crippen MR) is 92.5 cm³/mol. The van der Waals surface area contributed by atoms with E-state index in [1.54, 1.807) is 30.3 Å². The topological polar surface area (TPSA) is 75.6 Å². The van der Waals surface area contributed by atoms with Crippen molar-refractivity contribution in [3.8, 4) is 5.75 Å². The summed E-state index contributed by atoms with van der Waals surface area (Å²) < 4.78 is 29.2. The third-order valence-electron chi connectivity index (χ3n) is 4.30. The molecule has 6 heteroatoms. The summed E-state index contributed by atoms with van der Waals surface area (Å²) in [4.78, 5) is 0. The minimum atomic E-state index is -3.67. The normalized spacial score (nSPS) is 15.9. The Morgan fingerprint density at radius 2 is 1.58 bits per heavy atom. The van der Waals surface area contributed by atoms with Crippen molar-refractivity contribution < 1.29 is 17.7 Å². The summed E-state index contributed by atoms with van der Waals surface area (Å²) in [6.07, 6.45) is 1.39. The molecule has 5 nitrogen and oxygen atoms in total. The second-order valence-corrected chi connectivity index (χ2v) is 7.84. The molecule has 0 unspecified atom stereocenters. The number of aliphatic hydroxyl groups is 1. The van der Waals surface area contributed by atoms with Gasteiger partial charge in [0.25, 0.3) is 0 Å². The van der Waals surface area contributed by atoms with Crippen molar-refractivity contribution in [3.63, 3.8) is 0 Å². The van der Waals surface area contributed by atoms with E-state index < -0.39 is 15.7 Å². The molecule has 0 spiro atoms. The van der Waals surface area contributed by atoms with Gasteiger partial charge in [-0.25, -0.2) is 0 Å². The van der Waals surface area contributed by atoms with Gasteiger partial charge in [0.05, 0.1) is 12.4 Å². The molecule has 0 fully saturated rings. The van der Waals surface area contributed by atoms with Gasteiger partial charge in [-0.1, -0.05) is 42.5 Å². The number of aliphatic hydroxyl groups excluding tert-OH is 1. The Labute approximate surface area is 142 Å². The number of hydrogen-bond acceptors (Lipinski definition) is 5. The second-order valence-electron chi connectivity index (χ2n) is 6.15. The van der Waals surface area contributed by atoms with Crippen LogP contribution in [0, 0.1) is 0 Å². The smallest absolute Gasteiger partial charge is 0.310 e. The molecule has 2 aromatic rings. The number of benzene rings is 2. The lowest BCUT2D eigenvalue weighted by atomic mass is 9.97. The van der Waals surface area contributed by atoms with Gasteiger partial charge in [0.15, 0.2) is 0 Å². The van der Waals surface area contributed by atoms with Crippen LogP contribution < -0.4 is 9.50 Å². The molecular weight excluding hydrogens is 326 g/mol. The van der Waals surface area contributed by atoms with Crippen LogP contribution in [0.4, 0.5) is 0 Å². The van der Waals surface area contributed by atoms with Crippen LogP contribution in [0.3, 0.4) is 0 Å². The number of para-hydroxylation sites is 1. The van der Waals surface area contributed by atoms with E-state index >= 15 is 0 Å². The molecular formula is C18H21NO4S. The molecule has 128 valence electrons. The van der Waals surface area contributed by atoms with Crippen LogP contribution in [-0.2, 0) is 23.0 Å². The molecule has 0 amide bonds. The average molecular weight is 347 g/mol. The molecule has 1 aliphatic carbocycles. The van der Waals surface area contributed by atoms with Gasteiger partial charge in [-0.15, -0.1) is 0 Å². The van der Waals surface area contributed by atoms with Gasteiger partial charge < -0.3 is 14.6 Å². The van der Waals surface area contributed by atoms with Crippen molar-refractivity contribution in [1.82, 2.24) is 5.32 Å². The molecule has 0 atom stereocenters. The lowest BCUT2D eigenvalue weighted by molar-refractivity contribution is 0.169. The molecule has 3 rings (SSSR count). The van der Waals surface area contributed by atoms with E-state index in [0.717, 1.165) is 0 Å². The zero-order valence-corrected chi connectivity index (χ0v) is 14.1. The van der Waals surface area contributed by atoms with Crippen molar-refractivity contribution in [2.45, 2.75) is 18.4 Å². The first-order valence-corrected chi connectivity index (χ1v) is 9.50. The first-order chi connectivity index (χ1) is 11.5. The van der Waals surface area contributed by atoms with Crippen molar-refractivity contribution in [2.24, 2.45) is 0 Å². The van der Waals surface area contributed by atoms with E-state index in [2.05, 4.69) is 5.32 Å². The molecule has 0 saturated heterocycles. The van der Waals surface area contributed by atoms with Crippen LogP contribution in [0.1, 0.15) is 11.1 Å². The summed E-state index contributed by atoms with van der Waals surface area (Å²) in [6.45, 7) is 0.186. The Hall–Kier alpha value is -1.89. The van der Waals surface area contributed by atoms with Crippen LogP contribution in [0.5, 0.6) is 5.75 Å². The number of rotatable bonds is 7. The van der Waals surface area contributed by atoms with Crippen molar-refractivity contribution >= 4 is 10.1 Å². The maximum Gasteiger partial charge on any atom is 0.310 e. The lowest BCUT2D eigenvalue weighted by Crippen LogP contribution is -2.51. The maximum atomic E-state index is 12.1. The summed E-state index contributed by atoms with van der Waals surface area (Å²) >= 11 is 0. The van der Waals surface area contributed by atoms with Gasteiger partial charge in [-0.2, -0.15) is 8.42 Å². The van der Waals surface area contributed by atoms with E-state index in [4.69, 9.17) is 4.18 Å². The predicted octanol–water partition coefficient (Wildman–Crippen LogP) is 1.51. The highest BCUT2D eigenvalue weighted by Crippen LogP contribution is 2.29. The highest BCUT2D eigenvalue weighted by molar-refractivity contribution is 7.87. The summed E-state index contributed by atoms with van der Waals surface area (Å²) in [5.41, 5.74) is 1.90. The first kappa shape index (κ1) is 17.0. The molecule has 0 saturated carbocycles. The zero-order chi connectivity index (χ0) is 17.0. The highest BCUT2D eigenvalue weighted by Gasteiger charge is 2.36. The molecule has 0 heterocycles. The molecule has 0 aliphatic heterocycles. The summed E-state index contributed by atoms with van der Waals surface area (Å²) in [6, 6.07) is 16.5. The Bertz CT molecular complexity index is 765. The van der Waals surface area contributed by atoms with E-state index in [-0.39, 0.29) is 18.9 Å². The Kier molecular flexibility index (Phi) is 4.89. The standard InChI is InChI=1S/C18H21NO4S/c20-14-18(12-15-6-4-5-7-16(15)13-18)19-10-11-24(21,22)23-17-8-2-1-3-9-17/h1-9,19-20H,10-14H2. The third kappa shape index (κ3) is 3.95. The van der Waals surface area contributed by atoms with Crippen molar-refractivity contribution in [3.05, 3.63) is 65.7 Å². The van der Waals surface area contributed by atoms with E-state index in [1.165, 1.54) is 11.1 Å². The van der Waals surface area contributed by atoms with E-state index in [9.17, 15) is 13.5 Å². The fraction of sp³-hybridized carbons (Fsp3) is 0.333. The van der Waals surface area contributed by atoms with Crippen LogP contribution in [0.15, 0.2) is 54.6 Å². The molecule has 0 radical (unpaired) electrons. The Morgan fingerprint density at radius 1 is 1.00 bits per heavy atom. The van der Waals surface area contributed by atoms with Gasteiger partial charge in [-0.3, -0.25) is 0 Å². The summed E-state index contributed by atoms with van der Waals surface area (Å²) in [5.74, 6) is 0.155. The molecule has 2 aromatic carbocycles. The monoisotopic (exact) mass is 347 g/mol. The average Bonchev–Trinajstić information content (AvgIpc) is 2.94. The molecule has 1 aliphatic rings. The quantitative estimate of drug-likeness (QED) is 0.743. The molecule has 24 heavy (non-hydrogen) atoms. The number of fused-ring (bicyclic) bond motifs is 1. The number of hydrogen-bond donors (Lipinski definition) is 2. The lowest BCUT2D eigenvalue weighted by Gasteiger charge is -2.28. The van der Waals surface area contributed by atoms with E-state index in [0.29, 0.717) is 18.6 Å². The third-order valence-corrected chi connectivity index (χ3v) is 5.45. The van der Waals surface area contributed by atoms with Crippen LogP contribution in [-0.4, -0.2) is 38.0 Å². The highest BCUT2D eigenvalue weighted by atomic mass is 32.2. The first-order valence-electron chi connectivity index (χ1n) is 7.92. The van der Waals surface area contributed by atoms with Gasteiger partial charge in [-0.05, 0) is 36.1 Å². The maximum absolute atomic E-state index is 12.1. The fourth-order valence-corrected chi connectivity index (χ4v) is 3.93. The second kappa shape index (κ2) is 6.93. The molecule has 2 N–H and O–H groups in total. The van der Waals surface area contributed by atoms with Crippen LogP contribution in [0.2, 0.25) is 0 Å². The van der Waals surface area contributed by atoms with E-state index in [1.807, 2.05) is 24.3 Å². The zero-order valence-electron chi connectivity index (χ0n) is 13.3. The van der Waals surface area contributed by atoms with Crippen molar-refractivity contribution in [2.75, 3.05) is 18.9 Å². The SMILES string of the molecule is O=S(=O)(CCNC1(CO)Cc2ccccc2C1)Oc1ccccc1. The van der Waals surface area contributed by atoms with Gasteiger partial charge in [0.2, 0.25) is 0 Å². The minimum absolute atomic E-state index is 0.0404. The molecule has 0 aromatic heterocycles. The van der Waals surface area contributed by atoms with Crippen LogP contribution >= 0.6 is 0 Å². The Balaban J connectivity index is 1.57. The van der Waals surface area contributed by atoms with Gasteiger partial charge in [0.1, 0.15) is 5.75 Å². The van der Waals surface area contributed by atoms with Crippen molar-refractivity contribution in [1.29, 1.82) is 0 Å². The largest absolute Gasteiger partial charge is 0.394 e.